The number of nitrogens with zero attached hydrogens (tertiary/aromatic N) is 3. The van der Waals surface area contributed by atoms with Gasteiger partial charge in [-0.1, -0.05) is 6.92 Å². The number of rotatable bonds is 4. The van der Waals surface area contributed by atoms with Crippen LogP contribution < -0.4 is 5.73 Å². The molecule has 2 aromatic heterocycles. The van der Waals surface area contributed by atoms with Crippen LogP contribution in [-0.2, 0) is 14.3 Å². The summed E-state index contributed by atoms with van der Waals surface area (Å²) >= 11 is 0. The number of carbonyl (C=O) groups is 1. The number of nitrogen functional groups attached to an aromatic ring is 1. The van der Waals surface area contributed by atoms with E-state index in [1.807, 2.05) is 6.07 Å². The second-order valence-electron chi connectivity index (χ2n) is 7.82. The first-order chi connectivity index (χ1) is 14.0. The van der Waals surface area contributed by atoms with E-state index in [1.165, 1.54) is 27.3 Å². The van der Waals surface area contributed by atoms with Crippen LogP contribution in [0.3, 0.4) is 0 Å². The molecule has 2 aromatic rings. The highest BCUT2D eigenvalue weighted by atomic mass is 16.5. The van der Waals surface area contributed by atoms with Crippen LogP contribution in [0.1, 0.15) is 51.5 Å². The normalized spacial score (nSPS) is 22.0. The number of methoxy groups -OCH3 is 1. The van der Waals surface area contributed by atoms with Gasteiger partial charge in [-0.2, -0.15) is 5.10 Å². The first-order valence-corrected chi connectivity index (χ1v) is 9.56. The molecule has 3 heterocycles. The van der Waals surface area contributed by atoms with Crippen molar-refractivity contribution in [3.8, 4) is 0 Å². The van der Waals surface area contributed by atoms with Gasteiger partial charge in [-0.15, -0.1) is 0 Å². The zero-order chi connectivity index (χ0) is 22.6. The molecule has 3 unspecified atom stereocenters. The summed E-state index contributed by atoms with van der Waals surface area (Å²) < 4.78 is 12.4. The number of aromatic nitrogens is 3. The maximum absolute atomic E-state index is 11.7. The Morgan fingerprint density at radius 1 is 1.47 bits per heavy atom. The molecule has 3 atom stereocenters. The van der Waals surface area contributed by atoms with Crippen LogP contribution in [0.15, 0.2) is 18.0 Å². The summed E-state index contributed by atoms with van der Waals surface area (Å²) in [7, 11) is 1.34. The summed E-state index contributed by atoms with van der Waals surface area (Å²) in [6.07, 6.45) is 3.44. The number of fused-ring (bicyclic) bond motifs is 1. The summed E-state index contributed by atoms with van der Waals surface area (Å²) in [4.78, 5) is 15.8. The van der Waals surface area contributed by atoms with Crippen LogP contribution in [0, 0.1) is 5.92 Å². The minimum Gasteiger partial charge on any atom is -0.466 e. The monoisotopic (exact) mass is 422 g/mol. The number of nitrogens with two attached hydrogens (primary N) is 1. The predicted octanol–water partition coefficient (Wildman–Crippen LogP) is 1.05. The molecule has 1 aliphatic rings. The van der Waals surface area contributed by atoms with Crippen molar-refractivity contribution in [3.05, 3.63) is 29.2 Å². The van der Waals surface area contributed by atoms with E-state index in [1.54, 1.807) is 17.5 Å². The number of anilines is 1. The molecule has 10 heteroatoms. The molecule has 0 saturated carbocycles. The minimum absolute atomic E-state index is 0.0184. The van der Waals surface area contributed by atoms with E-state index in [2.05, 4.69) is 17.0 Å². The molecule has 1 saturated heterocycles. The average molecular weight is 422 g/mol. The highest BCUT2D eigenvalue weighted by Gasteiger charge is 2.35. The Bertz CT molecular complexity index is 912. The summed E-state index contributed by atoms with van der Waals surface area (Å²) in [5.41, 5.74) is 8.64. The largest absolute Gasteiger partial charge is 0.466 e. The highest BCUT2D eigenvalue weighted by molar-refractivity contribution is 5.95. The van der Waals surface area contributed by atoms with Crippen molar-refractivity contribution in [3.63, 3.8) is 0 Å². The number of ether oxygens (including phenoxy) is 2. The Balaban J connectivity index is 0.000000575. The van der Waals surface area contributed by atoms with Crippen LogP contribution in [0.5, 0.6) is 0 Å². The SMILES string of the molecule is CC(C)(O)O.COC(=O)/C(C)=C/c1cc(C2OC(CO)CC2C)n2ncnc(N)c12. The molecule has 0 radical (unpaired) electrons. The van der Waals surface area contributed by atoms with Crippen LogP contribution in [0.4, 0.5) is 5.82 Å². The summed E-state index contributed by atoms with van der Waals surface area (Å²) in [6.45, 7) is 6.32. The Labute approximate surface area is 174 Å². The van der Waals surface area contributed by atoms with E-state index in [4.69, 9.17) is 25.4 Å². The molecule has 1 aliphatic heterocycles. The summed E-state index contributed by atoms with van der Waals surface area (Å²) in [6, 6.07) is 1.90. The number of hydrogen-bond donors (Lipinski definition) is 4. The first kappa shape index (κ1) is 23.7. The van der Waals surface area contributed by atoms with Crippen molar-refractivity contribution < 1.29 is 29.6 Å². The van der Waals surface area contributed by atoms with Crippen LogP contribution in [0.2, 0.25) is 0 Å². The van der Waals surface area contributed by atoms with Crippen molar-refractivity contribution in [2.24, 2.45) is 5.92 Å². The lowest BCUT2D eigenvalue weighted by atomic mass is 9.99. The van der Waals surface area contributed by atoms with E-state index in [9.17, 15) is 9.90 Å². The van der Waals surface area contributed by atoms with E-state index < -0.39 is 11.8 Å². The minimum atomic E-state index is -1.50. The van der Waals surface area contributed by atoms with Crippen LogP contribution in [0.25, 0.3) is 11.6 Å². The van der Waals surface area contributed by atoms with Gasteiger partial charge in [-0.3, -0.25) is 0 Å². The van der Waals surface area contributed by atoms with Gasteiger partial charge in [0.2, 0.25) is 0 Å². The van der Waals surface area contributed by atoms with Gasteiger partial charge < -0.3 is 30.5 Å². The second kappa shape index (κ2) is 9.52. The van der Waals surface area contributed by atoms with Gasteiger partial charge >= 0.3 is 5.97 Å². The van der Waals surface area contributed by atoms with Crippen LogP contribution in [-0.4, -0.2) is 61.5 Å². The number of esters is 1. The number of aliphatic hydroxyl groups is 3. The number of hydrogen-bond acceptors (Lipinski definition) is 9. The molecule has 30 heavy (non-hydrogen) atoms. The third-order valence-corrected chi connectivity index (χ3v) is 4.50. The van der Waals surface area contributed by atoms with Crippen molar-refractivity contribution in [1.29, 1.82) is 0 Å². The van der Waals surface area contributed by atoms with Crippen molar-refractivity contribution in [1.82, 2.24) is 14.6 Å². The molecule has 10 nitrogen and oxygen atoms in total. The molecular weight excluding hydrogens is 392 g/mol. The molecule has 0 amide bonds. The fraction of sp³-hybridized carbons (Fsp3) is 0.550. The zero-order valence-electron chi connectivity index (χ0n) is 17.9. The lowest BCUT2D eigenvalue weighted by Crippen LogP contribution is -2.15. The number of carbonyl (C=O) groups excluding carboxylic acids is 1. The van der Waals surface area contributed by atoms with Crippen molar-refractivity contribution in [2.75, 3.05) is 19.5 Å². The average Bonchev–Trinajstić information content (AvgIpc) is 3.20. The quantitative estimate of drug-likeness (QED) is 0.322. The van der Waals surface area contributed by atoms with Gasteiger partial charge in [0.15, 0.2) is 11.6 Å². The molecule has 0 aromatic carbocycles. The maximum Gasteiger partial charge on any atom is 0.333 e. The highest BCUT2D eigenvalue weighted by Crippen LogP contribution is 2.39. The summed E-state index contributed by atoms with van der Waals surface area (Å²) in [5, 5.41) is 29.8. The molecule has 3 rings (SSSR count). The second-order valence-corrected chi connectivity index (χ2v) is 7.82. The van der Waals surface area contributed by atoms with Gasteiger partial charge in [0.1, 0.15) is 17.9 Å². The van der Waals surface area contributed by atoms with Crippen LogP contribution >= 0.6 is 0 Å². The van der Waals surface area contributed by atoms with E-state index >= 15 is 0 Å². The Kier molecular flexibility index (Phi) is 7.54. The van der Waals surface area contributed by atoms with Gasteiger partial charge in [0.25, 0.3) is 0 Å². The lowest BCUT2D eigenvalue weighted by molar-refractivity contribution is -0.136. The molecule has 0 aliphatic carbocycles. The first-order valence-electron chi connectivity index (χ1n) is 9.56. The predicted molar refractivity (Wildman–Crippen MR) is 110 cm³/mol. The molecule has 0 bridgehead atoms. The molecule has 1 fully saturated rings. The maximum atomic E-state index is 11.7. The Morgan fingerprint density at radius 3 is 2.63 bits per heavy atom. The van der Waals surface area contributed by atoms with Gasteiger partial charge in [-0.05, 0) is 45.3 Å². The fourth-order valence-corrected chi connectivity index (χ4v) is 3.30. The summed E-state index contributed by atoms with van der Waals surface area (Å²) in [5.74, 6) is -1.39. The zero-order valence-corrected chi connectivity index (χ0v) is 17.9. The van der Waals surface area contributed by atoms with E-state index in [0.29, 0.717) is 16.9 Å². The smallest absolute Gasteiger partial charge is 0.333 e. The molecular formula is C20H30N4O6. The third kappa shape index (κ3) is 5.76. The van der Waals surface area contributed by atoms with Gasteiger partial charge in [0, 0.05) is 11.1 Å². The van der Waals surface area contributed by atoms with Crippen molar-refractivity contribution in [2.45, 2.75) is 52.1 Å². The molecule has 5 N–H and O–H groups in total. The fourth-order valence-electron chi connectivity index (χ4n) is 3.30. The Hall–Kier alpha value is -2.53. The number of aliphatic hydroxyl groups excluding tert-OH is 1. The molecule has 166 valence electrons. The van der Waals surface area contributed by atoms with E-state index in [-0.39, 0.29) is 24.7 Å². The Morgan fingerprint density at radius 2 is 2.10 bits per heavy atom. The van der Waals surface area contributed by atoms with Gasteiger partial charge in [-0.25, -0.2) is 14.3 Å². The van der Waals surface area contributed by atoms with E-state index in [0.717, 1.165) is 17.7 Å². The lowest BCUT2D eigenvalue weighted by Gasteiger charge is -2.14. The third-order valence-electron chi connectivity index (χ3n) is 4.50. The molecule has 0 spiro atoms. The standard InChI is InChI=1S/C17H22N4O4.C3H8O2/c1-9-5-12(7-22)25-15(9)13-6-11(4-10(2)17(23)24-3)14-16(18)19-8-20-21(13)14;1-3(2,4)5/h4,6,8-9,12,15,22H,5,7H2,1-3H3,(H2,18,19,20);4-5H,1-2H3/b10-4+;. The topological polar surface area (TPSA) is 152 Å². The van der Waals surface area contributed by atoms with Gasteiger partial charge in [0.05, 0.1) is 25.5 Å². The van der Waals surface area contributed by atoms with Crippen molar-refractivity contribution >= 4 is 23.4 Å².